The van der Waals surface area contributed by atoms with Crippen molar-refractivity contribution in [3.05, 3.63) is 52.5 Å². The molecule has 2 aliphatic heterocycles. The summed E-state index contributed by atoms with van der Waals surface area (Å²) in [5.74, 6) is 1.73. The molecule has 174 valence electrons. The first kappa shape index (κ1) is 22.5. The van der Waals surface area contributed by atoms with Crippen LogP contribution in [-0.4, -0.2) is 54.3 Å². The number of nitrogens with zero attached hydrogens (tertiary/aromatic N) is 5. The monoisotopic (exact) mass is 513 g/mol. The highest BCUT2D eigenvalue weighted by atomic mass is 79.9. The lowest BCUT2D eigenvalue weighted by Crippen LogP contribution is -2.36. The van der Waals surface area contributed by atoms with E-state index in [2.05, 4.69) is 56.7 Å². The lowest BCUT2D eigenvalue weighted by Gasteiger charge is -2.29. The van der Waals surface area contributed by atoms with Crippen molar-refractivity contribution in [2.75, 3.05) is 49.2 Å². The predicted molar refractivity (Wildman–Crippen MR) is 132 cm³/mol. The van der Waals surface area contributed by atoms with Crippen LogP contribution >= 0.6 is 15.9 Å². The number of benzene rings is 1. The Labute approximate surface area is 202 Å². The summed E-state index contributed by atoms with van der Waals surface area (Å²) in [6, 6.07) is 7.49. The first-order valence-corrected chi connectivity index (χ1v) is 12.3. The fraction of sp³-hybridized carbons (Fsp3) is 0.480. The van der Waals surface area contributed by atoms with Gasteiger partial charge in [-0.1, -0.05) is 13.8 Å². The molecule has 1 unspecified atom stereocenters. The summed E-state index contributed by atoms with van der Waals surface area (Å²) in [6.45, 7) is 9.08. The molecule has 5 rings (SSSR count). The van der Waals surface area contributed by atoms with Crippen LogP contribution in [0.4, 0.5) is 16.2 Å². The van der Waals surface area contributed by atoms with Crippen molar-refractivity contribution in [2.24, 2.45) is 11.3 Å². The van der Waals surface area contributed by atoms with Gasteiger partial charge < -0.3 is 14.5 Å². The molecular weight excluding hydrogens is 485 g/mol. The van der Waals surface area contributed by atoms with Crippen LogP contribution < -0.4 is 9.80 Å². The molecule has 1 atom stereocenters. The first-order chi connectivity index (χ1) is 15.9. The number of pyridine rings is 1. The van der Waals surface area contributed by atoms with Gasteiger partial charge in [0.15, 0.2) is 0 Å². The maximum atomic E-state index is 14.5. The SMILES string of the molecule is CC1(C)COCCN(c2nc(N3CCC(Cc4ccncc4)C3)c3cc(F)c(Br)cc3n2)C1. The average molecular weight is 514 g/mol. The Balaban J connectivity index is 1.49. The molecule has 0 aliphatic carbocycles. The molecule has 2 fully saturated rings. The van der Waals surface area contributed by atoms with Gasteiger partial charge in [-0.2, -0.15) is 4.98 Å². The Kier molecular flexibility index (Phi) is 6.22. The van der Waals surface area contributed by atoms with E-state index in [1.165, 1.54) is 5.56 Å². The lowest BCUT2D eigenvalue weighted by atomic mass is 9.94. The van der Waals surface area contributed by atoms with E-state index in [-0.39, 0.29) is 11.2 Å². The number of anilines is 2. The maximum Gasteiger partial charge on any atom is 0.227 e. The Bertz CT molecular complexity index is 1140. The lowest BCUT2D eigenvalue weighted by molar-refractivity contribution is 0.0893. The predicted octanol–water partition coefficient (Wildman–Crippen LogP) is 4.86. The fourth-order valence-electron chi connectivity index (χ4n) is 4.86. The third-order valence-corrected chi connectivity index (χ3v) is 7.07. The molecule has 0 saturated carbocycles. The van der Waals surface area contributed by atoms with E-state index in [1.54, 1.807) is 12.1 Å². The molecule has 0 radical (unpaired) electrons. The maximum absolute atomic E-state index is 14.5. The minimum Gasteiger partial charge on any atom is -0.379 e. The molecule has 2 saturated heterocycles. The van der Waals surface area contributed by atoms with Crippen LogP contribution in [0.5, 0.6) is 0 Å². The van der Waals surface area contributed by atoms with Gasteiger partial charge in [-0.25, -0.2) is 9.37 Å². The number of fused-ring (bicyclic) bond motifs is 1. The molecule has 0 amide bonds. The van der Waals surface area contributed by atoms with Crippen LogP contribution in [-0.2, 0) is 11.2 Å². The van der Waals surface area contributed by atoms with E-state index < -0.39 is 0 Å². The summed E-state index contributed by atoms with van der Waals surface area (Å²) >= 11 is 3.33. The Morgan fingerprint density at radius 1 is 1.15 bits per heavy atom. The number of aromatic nitrogens is 3. The Hall–Kier alpha value is -2.32. The molecule has 2 aromatic heterocycles. The summed E-state index contributed by atoms with van der Waals surface area (Å²) < 4.78 is 20.8. The summed E-state index contributed by atoms with van der Waals surface area (Å²) in [7, 11) is 0. The van der Waals surface area contributed by atoms with E-state index in [0.29, 0.717) is 29.6 Å². The molecule has 6 nitrogen and oxygen atoms in total. The Morgan fingerprint density at radius 2 is 1.97 bits per heavy atom. The molecule has 0 N–H and O–H groups in total. The van der Waals surface area contributed by atoms with Crippen molar-refractivity contribution >= 4 is 38.6 Å². The number of ether oxygens (including phenoxy) is 1. The average Bonchev–Trinajstić information content (AvgIpc) is 3.16. The summed E-state index contributed by atoms with van der Waals surface area (Å²) in [4.78, 5) is 18.5. The second kappa shape index (κ2) is 9.14. The van der Waals surface area contributed by atoms with Gasteiger partial charge in [-0.05, 0) is 64.5 Å². The van der Waals surface area contributed by atoms with E-state index in [9.17, 15) is 4.39 Å². The third-order valence-electron chi connectivity index (χ3n) is 6.47. The summed E-state index contributed by atoms with van der Waals surface area (Å²) in [5, 5.41) is 0.759. The minimum absolute atomic E-state index is 0.00163. The largest absolute Gasteiger partial charge is 0.379 e. The van der Waals surface area contributed by atoms with Gasteiger partial charge in [0.25, 0.3) is 0 Å². The van der Waals surface area contributed by atoms with Crippen molar-refractivity contribution in [3.8, 4) is 0 Å². The highest BCUT2D eigenvalue weighted by molar-refractivity contribution is 9.10. The van der Waals surface area contributed by atoms with Crippen LogP contribution in [0, 0.1) is 17.2 Å². The quantitative estimate of drug-likeness (QED) is 0.496. The van der Waals surface area contributed by atoms with Crippen molar-refractivity contribution < 1.29 is 9.13 Å². The molecule has 0 bridgehead atoms. The van der Waals surface area contributed by atoms with Crippen LogP contribution in [0.3, 0.4) is 0 Å². The van der Waals surface area contributed by atoms with E-state index >= 15 is 0 Å². The molecular formula is C25H29BrFN5O. The van der Waals surface area contributed by atoms with Gasteiger partial charge in [0.05, 0.1) is 23.2 Å². The van der Waals surface area contributed by atoms with E-state index in [0.717, 1.165) is 55.7 Å². The highest BCUT2D eigenvalue weighted by Gasteiger charge is 2.30. The van der Waals surface area contributed by atoms with Gasteiger partial charge in [0.1, 0.15) is 11.6 Å². The van der Waals surface area contributed by atoms with Gasteiger partial charge in [-0.15, -0.1) is 0 Å². The standard InChI is InChI=1S/C25H29BrFN5O/c1-25(2)15-32(9-10-33-16-25)24-29-22-13-20(26)21(27)12-19(22)23(30-24)31-8-5-18(14-31)11-17-3-6-28-7-4-17/h3-4,6-7,12-13,18H,5,8-11,14-16H2,1-2H3. The summed E-state index contributed by atoms with van der Waals surface area (Å²) in [6.07, 6.45) is 5.78. The van der Waals surface area contributed by atoms with Gasteiger partial charge in [0.2, 0.25) is 5.95 Å². The smallest absolute Gasteiger partial charge is 0.227 e. The molecule has 33 heavy (non-hydrogen) atoms. The van der Waals surface area contributed by atoms with Crippen molar-refractivity contribution in [1.82, 2.24) is 15.0 Å². The fourth-order valence-corrected chi connectivity index (χ4v) is 5.19. The number of halogens is 2. The molecule has 4 heterocycles. The van der Waals surface area contributed by atoms with Crippen molar-refractivity contribution in [3.63, 3.8) is 0 Å². The van der Waals surface area contributed by atoms with Crippen molar-refractivity contribution in [1.29, 1.82) is 0 Å². The molecule has 3 aromatic rings. The highest BCUT2D eigenvalue weighted by Crippen LogP contribution is 2.35. The molecule has 8 heteroatoms. The van der Waals surface area contributed by atoms with Crippen LogP contribution in [0.25, 0.3) is 10.9 Å². The Morgan fingerprint density at radius 3 is 2.79 bits per heavy atom. The van der Waals surface area contributed by atoms with Crippen LogP contribution in [0.15, 0.2) is 41.1 Å². The third kappa shape index (κ3) is 4.96. The minimum atomic E-state index is -0.295. The zero-order valence-electron chi connectivity index (χ0n) is 19.1. The van der Waals surface area contributed by atoms with Crippen LogP contribution in [0.2, 0.25) is 0 Å². The zero-order valence-corrected chi connectivity index (χ0v) is 20.7. The van der Waals surface area contributed by atoms with Gasteiger partial charge in [0, 0.05) is 49.4 Å². The molecule has 0 spiro atoms. The number of hydrogen-bond donors (Lipinski definition) is 0. The van der Waals surface area contributed by atoms with Crippen LogP contribution in [0.1, 0.15) is 25.8 Å². The van der Waals surface area contributed by atoms with Crippen molar-refractivity contribution in [2.45, 2.75) is 26.7 Å². The number of rotatable bonds is 4. The normalized spacial score (nSPS) is 20.9. The van der Waals surface area contributed by atoms with Gasteiger partial charge in [-0.3, -0.25) is 4.98 Å². The molecule has 2 aliphatic rings. The van der Waals surface area contributed by atoms with E-state index in [1.807, 2.05) is 12.4 Å². The second-order valence-electron chi connectivity index (χ2n) is 9.93. The summed E-state index contributed by atoms with van der Waals surface area (Å²) in [5.41, 5.74) is 2.05. The second-order valence-corrected chi connectivity index (χ2v) is 10.8. The number of hydrogen-bond acceptors (Lipinski definition) is 6. The first-order valence-electron chi connectivity index (χ1n) is 11.5. The molecule has 1 aromatic carbocycles. The van der Waals surface area contributed by atoms with E-state index in [4.69, 9.17) is 14.7 Å². The topological polar surface area (TPSA) is 54.4 Å². The zero-order chi connectivity index (χ0) is 23.0. The van der Waals surface area contributed by atoms with Gasteiger partial charge >= 0.3 is 0 Å².